The average molecular weight is 354 g/mol. The second-order valence-electron chi connectivity index (χ2n) is 6.29. The minimum absolute atomic E-state index is 0.113. The molecule has 0 radical (unpaired) electrons. The summed E-state index contributed by atoms with van der Waals surface area (Å²) in [6.45, 7) is 5.89. The molecule has 0 saturated carbocycles. The predicted molar refractivity (Wildman–Crippen MR) is 102 cm³/mol. The number of aryl methyl sites for hydroxylation is 2. The van der Waals surface area contributed by atoms with Crippen LogP contribution in [0.2, 0.25) is 0 Å². The van der Waals surface area contributed by atoms with E-state index in [1.165, 1.54) is 0 Å². The Labute approximate surface area is 155 Å². The van der Waals surface area contributed by atoms with E-state index in [1.807, 2.05) is 62.4 Å². The van der Waals surface area contributed by atoms with Crippen LogP contribution in [-0.2, 0) is 16.1 Å². The molecule has 0 spiro atoms. The second kappa shape index (κ2) is 9.04. The Morgan fingerprint density at radius 3 is 2.27 bits per heavy atom. The zero-order valence-corrected chi connectivity index (χ0v) is 15.8. The fraction of sp³-hybridized carbons (Fsp3) is 0.333. The summed E-state index contributed by atoms with van der Waals surface area (Å²) in [5.41, 5.74) is 3.05. The highest BCUT2D eigenvalue weighted by Crippen LogP contribution is 2.17. The molecule has 0 heterocycles. The van der Waals surface area contributed by atoms with Gasteiger partial charge in [0.05, 0.1) is 0 Å². The number of nitrogens with zero attached hydrogens (tertiary/aromatic N) is 1. The van der Waals surface area contributed by atoms with Crippen LogP contribution in [0.25, 0.3) is 0 Å². The highest BCUT2D eigenvalue weighted by Gasteiger charge is 2.26. The molecule has 2 amide bonds. The van der Waals surface area contributed by atoms with Crippen LogP contribution in [0, 0.1) is 13.8 Å². The van der Waals surface area contributed by atoms with Crippen molar-refractivity contribution in [2.24, 2.45) is 0 Å². The summed E-state index contributed by atoms with van der Waals surface area (Å²) in [4.78, 5) is 26.5. The minimum Gasteiger partial charge on any atom is -0.484 e. The lowest BCUT2D eigenvalue weighted by atomic mass is 10.1. The first kappa shape index (κ1) is 19.5. The molecule has 1 atom stereocenters. The third kappa shape index (κ3) is 4.85. The Morgan fingerprint density at radius 2 is 1.65 bits per heavy atom. The zero-order chi connectivity index (χ0) is 19.1. The van der Waals surface area contributed by atoms with Crippen LogP contribution in [0.5, 0.6) is 5.75 Å². The summed E-state index contributed by atoms with van der Waals surface area (Å²) in [5.74, 6) is 0.236. The molecule has 0 saturated heterocycles. The van der Waals surface area contributed by atoms with Gasteiger partial charge in [0.2, 0.25) is 5.91 Å². The molecule has 0 unspecified atom stereocenters. The minimum atomic E-state index is -0.590. The van der Waals surface area contributed by atoms with E-state index in [9.17, 15) is 9.59 Å². The third-order valence-corrected chi connectivity index (χ3v) is 4.46. The Bertz CT molecular complexity index is 773. The van der Waals surface area contributed by atoms with Gasteiger partial charge in [-0.2, -0.15) is 0 Å². The number of rotatable bonds is 7. The van der Waals surface area contributed by atoms with Crippen LogP contribution in [0.15, 0.2) is 48.5 Å². The van der Waals surface area contributed by atoms with E-state index in [0.717, 1.165) is 16.7 Å². The number of hydrogen-bond donors (Lipinski definition) is 1. The maximum Gasteiger partial charge on any atom is 0.261 e. The monoisotopic (exact) mass is 354 g/mol. The summed E-state index contributed by atoms with van der Waals surface area (Å²) >= 11 is 0. The number of likely N-dealkylation sites (N-methyl/N-ethyl adjacent to an activating group) is 1. The zero-order valence-electron chi connectivity index (χ0n) is 15.8. The van der Waals surface area contributed by atoms with E-state index in [4.69, 9.17) is 4.74 Å². The largest absolute Gasteiger partial charge is 0.484 e. The molecule has 5 heteroatoms. The number of hydrogen-bond acceptors (Lipinski definition) is 3. The number of para-hydroxylation sites is 1. The summed E-state index contributed by atoms with van der Waals surface area (Å²) < 4.78 is 5.69. The highest BCUT2D eigenvalue weighted by atomic mass is 16.5. The van der Waals surface area contributed by atoms with E-state index in [0.29, 0.717) is 12.3 Å². The molecule has 0 aliphatic carbocycles. The van der Waals surface area contributed by atoms with E-state index in [-0.39, 0.29) is 18.4 Å². The van der Waals surface area contributed by atoms with Gasteiger partial charge in [-0.05, 0) is 43.5 Å². The smallest absolute Gasteiger partial charge is 0.261 e. The predicted octanol–water partition coefficient (Wildman–Crippen LogP) is 2.85. The Hall–Kier alpha value is -2.82. The van der Waals surface area contributed by atoms with Crippen molar-refractivity contribution in [3.63, 3.8) is 0 Å². The average Bonchev–Trinajstić information content (AvgIpc) is 2.65. The van der Waals surface area contributed by atoms with E-state index in [1.54, 1.807) is 18.9 Å². The molecule has 0 aliphatic heterocycles. The quantitative estimate of drug-likeness (QED) is 0.832. The fourth-order valence-corrected chi connectivity index (χ4v) is 2.70. The van der Waals surface area contributed by atoms with Gasteiger partial charge >= 0.3 is 0 Å². The molecule has 1 N–H and O–H groups in total. The number of amides is 2. The van der Waals surface area contributed by atoms with Crippen LogP contribution >= 0.6 is 0 Å². The van der Waals surface area contributed by atoms with Crippen LogP contribution in [0.1, 0.15) is 23.6 Å². The van der Waals surface area contributed by atoms with Crippen LogP contribution in [-0.4, -0.2) is 36.4 Å². The summed E-state index contributed by atoms with van der Waals surface area (Å²) in [5, 5.41) is 2.61. The number of ether oxygens (including phenoxy) is 1. The number of carbonyl (C=O) groups excluding carboxylic acids is 2. The molecule has 5 nitrogen and oxygen atoms in total. The van der Waals surface area contributed by atoms with Gasteiger partial charge in [-0.1, -0.05) is 42.5 Å². The maximum atomic E-state index is 12.8. The lowest BCUT2D eigenvalue weighted by molar-refractivity contribution is -0.142. The topological polar surface area (TPSA) is 58.6 Å². The van der Waals surface area contributed by atoms with Gasteiger partial charge in [0.25, 0.3) is 5.91 Å². The number of benzene rings is 2. The standard InChI is InChI=1S/C21H26N2O3/c1-15-9-5-7-11-18(15)13-23(17(3)21(25)22-4)20(24)14-26-19-12-8-6-10-16(19)2/h5-12,17H,13-14H2,1-4H3,(H,22,25)/t17-/m0/s1. The normalized spacial score (nSPS) is 11.5. The molecule has 2 aromatic carbocycles. The van der Waals surface area contributed by atoms with Crippen LogP contribution in [0.3, 0.4) is 0 Å². The van der Waals surface area contributed by atoms with Crippen LogP contribution < -0.4 is 10.1 Å². The summed E-state index contributed by atoms with van der Waals surface area (Å²) in [6.07, 6.45) is 0. The van der Waals surface area contributed by atoms with E-state index >= 15 is 0 Å². The number of carbonyl (C=O) groups is 2. The van der Waals surface area contributed by atoms with Crippen LogP contribution in [0.4, 0.5) is 0 Å². The van der Waals surface area contributed by atoms with E-state index < -0.39 is 6.04 Å². The first-order chi connectivity index (χ1) is 12.4. The molecule has 0 fully saturated rings. The lowest BCUT2D eigenvalue weighted by Gasteiger charge is -2.29. The second-order valence-corrected chi connectivity index (χ2v) is 6.29. The molecule has 2 aromatic rings. The van der Waals surface area contributed by atoms with Crippen molar-refractivity contribution in [1.29, 1.82) is 0 Å². The van der Waals surface area contributed by atoms with Gasteiger partial charge in [0, 0.05) is 13.6 Å². The lowest BCUT2D eigenvalue weighted by Crippen LogP contribution is -2.48. The van der Waals surface area contributed by atoms with Crippen molar-refractivity contribution in [3.8, 4) is 5.75 Å². The molecular formula is C21H26N2O3. The van der Waals surface area contributed by atoms with Gasteiger partial charge in [-0.15, -0.1) is 0 Å². The molecule has 0 aromatic heterocycles. The highest BCUT2D eigenvalue weighted by molar-refractivity contribution is 5.87. The third-order valence-electron chi connectivity index (χ3n) is 4.46. The Morgan fingerprint density at radius 1 is 1.04 bits per heavy atom. The van der Waals surface area contributed by atoms with Crippen molar-refractivity contribution in [2.45, 2.75) is 33.4 Å². The summed E-state index contributed by atoms with van der Waals surface area (Å²) in [6, 6.07) is 14.8. The molecular weight excluding hydrogens is 328 g/mol. The van der Waals surface area contributed by atoms with Crippen molar-refractivity contribution < 1.29 is 14.3 Å². The van der Waals surface area contributed by atoms with Crippen molar-refractivity contribution in [3.05, 3.63) is 65.2 Å². The first-order valence-corrected chi connectivity index (χ1v) is 8.68. The number of nitrogens with one attached hydrogen (secondary N) is 1. The fourth-order valence-electron chi connectivity index (χ4n) is 2.70. The molecule has 138 valence electrons. The molecule has 0 bridgehead atoms. The van der Waals surface area contributed by atoms with Crippen molar-refractivity contribution in [1.82, 2.24) is 10.2 Å². The molecule has 26 heavy (non-hydrogen) atoms. The maximum absolute atomic E-state index is 12.8. The Kier molecular flexibility index (Phi) is 6.78. The van der Waals surface area contributed by atoms with Gasteiger partial charge in [-0.3, -0.25) is 9.59 Å². The van der Waals surface area contributed by atoms with Crippen molar-refractivity contribution >= 4 is 11.8 Å². The first-order valence-electron chi connectivity index (χ1n) is 8.68. The van der Waals surface area contributed by atoms with Gasteiger partial charge in [0.15, 0.2) is 6.61 Å². The van der Waals surface area contributed by atoms with E-state index in [2.05, 4.69) is 5.32 Å². The van der Waals surface area contributed by atoms with Gasteiger partial charge < -0.3 is 15.0 Å². The Balaban J connectivity index is 2.17. The van der Waals surface area contributed by atoms with Gasteiger partial charge in [0.1, 0.15) is 11.8 Å². The molecule has 2 rings (SSSR count). The molecule has 0 aliphatic rings. The van der Waals surface area contributed by atoms with Gasteiger partial charge in [-0.25, -0.2) is 0 Å². The summed E-state index contributed by atoms with van der Waals surface area (Å²) in [7, 11) is 1.57. The van der Waals surface area contributed by atoms with Crippen molar-refractivity contribution in [2.75, 3.05) is 13.7 Å². The SMILES string of the molecule is CNC(=O)[C@H](C)N(Cc1ccccc1C)C(=O)COc1ccccc1C.